The van der Waals surface area contributed by atoms with E-state index in [0.29, 0.717) is 6.54 Å². The second-order valence-corrected chi connectivity index (χ2v) is 5.19. The van der Waals surface area contributed by atoms with Gasteiger partial charge in [-0.2, -0.15) is 4.65 Å². The van der Waals surface area contributed by atoms with E-state index in [9.17, 15) is 0 Å². The highest BCUT2D eigenvalue weighted by Crippen LogP contribution is 2.23. The lowest BCUT2D eigenvalue weighted by Crippen LogP contribution is -2.50. The van der Waals surface area contributed by atoms with E-state index in [2.05, 4.69) is 30.3 Å². The van der Waals surface area contributed by atoms with Crippen LogP contribution >= 0.6 is 0 Å². The van der Waals surface area contributed by atoms with Gasteiger partial charge < -0.3 is 5.73 Å². The summed E-state index contributed by atoms with van der Waals surface area (Å²) in [6, 6.07) is 10.7. The highest BCUT2D eigenvalue weighted by molar-refractivity contribution is 5.13. The van der Waals surface area contributed by atoms with Crippen LogP contribution in [-0.4, -0.2) is 30.9 Å². The summed E-state index contributed by atoms with van der Waals surface area (Å²) in [5.74, 6) is 0. The Hall–Kier alpha value is -0.900. The van der Waals surface area contributed by atoms with Crippen LogP contribution in [0, 0.1) is 0 Å². The number of hydrogen-bond donors (Lipinski definition) is 1. The third-order valence-electron chi connectivity index (χ3n) is 3.66. The Balaban J connectivity index is 1.99. The van der Waals surface area contributed by atoms with E-state index in [4.69, 9.17) is 10.6 Å². The van der Waals surface area contributed by atoms with Crippen LogP contribution in [-0.2, 0) is 11.4 Å². The molecule has 1 aliphatic rings. The van der Waals surface area contributed by atoms with Gasteiger partial charge in [-0.05, 0) is 32.2 Å². The topological polar surface area (TPSA) is 35.2 Å². The monoisotopic (exact) mass is 249 g/mol. The molecule has 0 unspecified atom stereocenters. The zero-order chi connectivity index (χ0) is 12.7. The fourth-order valence-corrected chi connectivity index (χ4v) is 2.68. The molecule has 0 atom stereocenters. The Morgan fingerprint density at radius 2 is 1.78 bits per heavy atom. The van der Waals surface area contributed by atoms with Gasteiger partial charge in [0.25, 0.3) is 0 Å². The van der Waals surface area contributed by atoms with Crippen molar-refractivity contribution in [1.29, 1.82) is 0 Å². The summed E-state index contributed by atoms with van der Waals surface area (Å²) in [5, 5.41) is 0. The maximum atomic E-state index is 6.17. The van der Waals surface area contributed by atoms with Gasteiger partial charge in [0, 0.05) is 5.56 Å². The molecule has 0 aromatic heterocycles. The van der Waals surface area contributed by atoms with E-state index in [-0.39, 0.29) is 0 Å². The molecule has 0 radical (unpaired) electrons. The Bertz CT molecular complexity index is 334. The van der Waals surface area contributed by atoms with E-state index in [1.807, 2.05) is 0 Å². The number of quaternary nitrogens is 1. The van der Waals surface area contributed by atoms with Crippen LogP contribution in [0.15, 0.2) is 30.3 Å². The first-order valence-corrected chi connectivity index (χ1v) is 7.09. The van der Waals surface area contributed by atoms with E-state index in [1.165, 1.54) is 24.8 Å². The largest absolute Gasteiger partial charge is 0.330 e. The number of benzene rings is 1. The van der Waals surface area contributed by atoms with Crippen LogP contribution in [0.2, 0.25) is 0 Å². The SMILES string of the molecule is NCCCO[N+]1(Cc2ccccc2)CCCCC1. The molecule has 2 rings (SSSR count). The molecule has 0 bridgehead atoms. The lowest BCUT2D eigenvalue weighted by molar-refractivity contribution is -1.12. The molecule has 18 heavy (non-hydrogen) atoms. The highest BCUT2D eigenvalue weighted by Gasteiger charge is 2.32. The highest BCUT2D eigenvalue weighted by atomic mass is 16.7. The van der Waals surface area contributed by atoms with E-state index in [0.717, 1.165) is 37.3 Å². The molecule has 1 saturated heterocycles. The normalized spacial score (nSPS) is 18.7. The quantitative estimate of drug-likeness (QED) is 0.621. The molecule has 3 nitrogen and oxygen atoms in total. The van der Waals surface area contributed by atoms with Gasteiger partial charge in [0.15, 0.2) is 0 Å². The minimum absolute atomic E-state index is 0.714. The molecule has 0 saturated carbocycles. The summed E-state index contributed by atoms with van der Waals surface area (Å²) < 4.78 is 0.796. The molecule has 0 aliphatic carbocycles. The minimum atomic E-state index is 0.714. The molecule has 1 fully saturated rings. The number of hydroxylamine groups is 3. The minimum Gasteiger partial charge on any atom is -0.330 e. The van der Waals surface area contributed by atoms with Gasteiger partial charge >= 0.3 is 0 Å². The predicted molar refractivity (Wildman–Crippen MR) is 73.6 cm³/mol. The summed E-state index contributed by atoms with van der Waals surface area (Å²) in [7, 11) is 0. The van der Waals surface area contributed by atoms with Crippen molar-refractivity contribution in [3.63, 3.8) is 0 Å². The molecule has 1 aliphatic heterocycles. The van der Waals surface area contributed by atoms with Crippen molar-refractivity contribution in [3.8, 4) is 0 Å². The number of rotatable bonds is 6. The summed E-state index contributed by atoms with van der Waals surface area (Å²) in [5.41, 5.74) is 6.92. The zero-order valence-corrected chi connectivity index (χ0v) is 11.2. The second-order valence-electron chi connectivity index (χ2n) is 5.19. The van der Waals surface area contributed by atoms with Crippen molar-refractivity contribution < 1.29 is 9.48 Å². The lowest BCUT2D eigenvalue weighted by Gasteiger charge is -2.38. The molecule has 1 heterocycles. The van der Waals surface area contributed by atoms with Crippen LogP contribution in [0.5, 0.6) is 0 Å². The first kappa shape index (κ1) is 13.5. The Kier molecular flexibility index (Phi) is 5.17. The number of likely N-dealkylation sites (tertiary alicyclic amines) is 1. The first-order valence-electron chi connectivity index (χ1n) is 7.09. The standard InChI is InChI=1S/C15H25N2O/c16-10-7-13-18-17(11-5-2-6-12-17)14-15-8-3-1-4-9-15/h1,3-4,8-9H,2,5-7,10-14,16H2/q+1. The molecular weight excluding hydrogens is 224 g/mol. The Morgan fingerprint density at radius 1 is 1.06 bits per heavy atom. The van der Waals surface area contributed by atoms with E-state index in [1.54, 1.807) is 0 Å². The molecule has 1 aromatic carbocycles. The first-order chi connectivity index (χ1) is 8.85. The van der Waals surface area contributed by atoms with Crippen LogP contribution in [0.3, 0.4) is 0 Å². The Morgan fingerprint density at radius 3 is 2.44 bits per heavy atom. The number of nitrogens with zero attached hydrogens (tertiary/aromatic N) is 1. The molecule has 0 spiro atoms. The lowest BCUT2D eigenvalue weighted by atomic mass is 10.1. The summed E-state index contributed by atoms with van der Waals surface area (Å²) in [6.45, 7) is 4.76. The van der Waals surface area contributed by atoms with Crippen molar-refractivity contribution >= 4 is 0 Å². The van der Waals surface area contributed by atoms with Crippen LogP contribution in [0.1, 0.15) is 31.2 Å². The van der Waals surface area contributed by atoms with Gasteiger partial charge in [-0.25, -0.2) is 4.84 Å². The van der Waals surface area contributed by atoms with Crippen LogP contribution < -0.4 is 5.73 Å². The smallest absolute Gasteiger partial charge is 0.134 e. The van der Waals surface area contributed by atoms with Crippen LogP contribution in [0.4, 0.5) is 0 Å². The zero-order valence-electron chi connectivity index (χ0n) is 11.2. The molecular formula is C15H25N2O+. The van der Waals surface area contributed by atoms with Crippen LogP contribution in [0.25, 0.3) is 0 Å². The fourth-order valence-electron chi connectivity index (χ4n) is 2.68. The van der Waals surface area contributed by atoms with E-state index < -0.39 is 0 Å². The van der Waals surface area contributed by atoms with Crippen molar-refractivity contribution in [2.24, 2.45) is 5.73 Å². The van der Waals surface area contributed by atoms with Crippen molar-refractivity contribution in [1.82, 2.24) is 0 Å². The molecule has 0 amide bonds. The third kappa shape index (κ3) is 3.80. The number of hydrogen-bond acceptors (Lipinski definition) is 2. The second kappa shape index (κ2) is 6.88. The maximum Gasteiger partial charge on any atom is 0.134 e. The molecule has 100 valence electrons. The number of piperidine rings is 1. The van der Waals surface area contributed by atoms with Gasteiger partial charge in [0.05, 0.1) is 0 Å². The average Bonchev–Trinajstić information content (AvgIpc) is 2.41. The Labute approximate surface area is 110 Å². The fraction of sp³-hybridized carbons (Fsp3) is 0.600. The van der Waals surface area contributed by atoms with Gasteiger partial charge in [-0.3, -0.25) is 0 Å². The molecule has 3 heteroatoms. The van der Waals surface area contributed by atoms with Gasteiger partial charge in [-0.1, -0.05) is 30.3 Å². The summed E-state index contributed by atoms with van der Waals surface area (Å²) >= 11 is 0. The average molecular weight is 249 g/mol. The van der Waals surface area contributed by atoms with Crippen molar-refractivity contribution in [2.45, 2.75) is 32.2 Å². The maximum absolute atomic E-state index is 6.17. The third-order valence-corrected chi connectivity index (χ3v) is 3.66. The van der Waals surface area contributed by atoms with E-state index >= 15 is 0 Å². The molecule has 2 N–H and O–H groups in total. The summed E-state index contributed by atoms with van der Waals surface area (Å²) in [6.07, 6.45) is 4.84. The van der Waals surface area contributed by atoms with Gasteiger partial charge in [0.1, 0.15) is 26.2 Å². The molecule has 1 aromatic rings. The summed E-state index contributed by atoms with van der Waals surface area (Å²) in [4.78, 5) is 6.17. The van der Waals surface area contributed by atoms with Crippen molar-refractivity contribution in [2.75, 3.05) is 26.2 Å². The van der Waals surface area contributed by atoms with Gasteiger partial charge in [-0.15, -0.1) is 0 Å². The van der Waals surface area contributed by atoms with Gasteiger partial charge in [0.2, 0.25) is 0 Å². The predicted octanol–water partition coefficient (Wildman–Crippen LogP) is 2.47. The number of nitrogens with two attached hydrogens (primary N) is 1. The van der Waals surface area contributed by atoms with Crippen molar-refractivity contribution in [3.05, 3.63) is 35.9 Å².